The topological polar surface area (TPSA) is 131 Å². The molecular formula is C26H29N7O5. The Hall–Kier alpha value is -4.45. The Labute approximate surface area is 219 Å². The molecule has 4 heterocycles. The second kappa shape index (κ2) is 10.1. The van der Waals surface area contributed by atoms with Crippen LogP contribution in [0.3, 0.4) is 0 Å². The molecule has 2 aromatic carbocycles. The average Bonchev–Trinajstić information content (AvgIpc) is 3.63. The molecule has 0 spiro atoms. The Balaban J connectivity index is 1.34. The molecule has 1 saturated heterocycles. The number of anilines is 6. The van der Waals surface area contributed by atoms with Crippen LogP contribution in [-0.2, 0) is 11.2 Å². The van der Waals surface area contributed by atoms with E-state index in [0.717, 1.165) is 48.8 Å². The smallest absolute Gasteiger partial charge is 0.253 e. The highest BCUT2D eigenvalue weighted by atomic mass is 16.7. The molecule has 1 amide bonds. The van der Waals surface area contributed by atoms with E-state index in [1.54, 1.807) is 26.3 Å². The summed E-state index contributed by atoms with van der Waals surface area (Å²) in [7, 11) is 3.23. The van der Waals surface area contributed by atoms with Crippen molar-refractivity contribution >= 4 is 40.6 Å². The summed E-state index contributed by atoms with van der Waals surface area (Å²) in [5, 5.41) is 12.7. The van der Waals surface area contributed by atoms with Crippen molar-refractivity contribution < 1.29 is 23.7 Å². The summed E-state index contributed by atoms with van der Waals surface area (Å²) in [6.45, 7) is 3.89. The molecule has 3 aromatic rings. The van der Waals surface area contributed by atoms with Crippen LogP contribution in [-0.4, -0.2) is 69.7 Å². The lowest BCUT2D eigenvalue weighted by Gasteiger charge is -2.29. The van der Waals surface area contributed by atoms with E-state index >= 15 is 0 Å². The summed E-state index contributed by atoms with van der Waals surface area (Å²) in [6.07, 6.45) is 0.733. The third-order valence-corrected chi connectivity index (χ3v) is 6.74. The summed E-state index contributed by atoms with van der Waals surface area (Å²) in [6, 6.07) is 9.43. The quantitative estimate of drug-likeness (QED) is 0.367. The number of rotatable bonds is 7. The number of hydrogen-bond donors (Lipinski definition) is 4. The standard InChI is InChI=1S/C26H29N7O5/c1-27-25(34)16-4-6-19-22(38-14-37-19)21(16)30-24-17-7-8-28-23(17)31-26(32-24)29-18-5-3-15(13-20(18)35-2)33-9-11-36-12-10-33/h3-6,13H,7-12,14H2,1-2H3,(H,27,34)(H3,28,29,30,31,32). The van der Waals surface area contributed by atoms with Gasteiger partial charge >= 0.3 is 0 Å². The highest BCUT2D eigenvalue weighted by Gasteiger charge is 2.27. The second-order valence-electron chi connectivity index (χ2n) is 8.93. The Bertz CT molecular complexity index is 1380. The molecule has 0 bridgehead atoms. The van der Waals surface area contributed by atoms with Gasteiger partial charge in [0, 0.05) is 44.0 Å². The van der Waals surface area contributed by atoms with Crippen LogP contribution >= 0.6 is 0 Å². The summed E-state index contributed by atoms with van der Waals surface area (Å²) in [5.74, 6) is 3.13. The molecule has 38 heavy (non-hydrogen) atoms. The molecular weight excluding hydrogens is 490 g/mol. The van der Waals surface area contributed by atoms with E-state index in [1.807, 2.05) is 18.2 Å². The SMILES string of the molecule is CNC(=O)c1ccc2c(c1Nc1nc(Nc3ccc(N4CCOCC4)cc3OC)nc3c1CCN3)OCO2. The summed E-state index contributed by atoms with van der Waals surface area (Å²) in [5.41, 5.74) is 3.63. The van der Waals surface area contributed by atoms with Crippen LogP contribution in [0.25, 0.3) is 0 Å². The molecule has 1 fully saturated rings. The van der Waals surface area contributed by atoms with E-state index in [1.165, 1.54) is 0 Å². The highest BCUT2D eigenvalue weighted by molar-refractivity contribution is 6.02. The van der Waals surface area contributed by atoms with Gasteiger partial charge < -0.3 is 45.1 Å². The molecule has 0 radical (unpaired) electrons. The van der Waals surface area contributed by atoms with Gasteiger partial charge in [0.2, 0.25) is 12.7 Å². The lowest BCUT2D eigenvalue weighted by molar-refractivity contribution is 0.0963. The summed E-state index contributed by atoms with van der Waals surface area (Å²) in [4.78, 5) is 24.4. The van der Waals surface area contributed by atoms with E-state index in [2.05, 4.69) is 26.2 Å². The number of ether oxygens (including phenoxy) is 4. The van der Waals surface area contributed by atoms with E-state index in [4.69, 9.17) is 28.9 Å². The number of benzene rings is 2. The Morgan fingerprint density at radius 1 is 1.11 bits per heavy atom. The molecule has 0 saturated carbocycles. The molecule has 4 N–H and O–H groups in total. The fourth-order valence-corrected chi connectivity index (χ4v) is 4.79. The average molecular weight is 520 g/mol. The van der Waals surface area contributed by atoms with Crippen molar-refractivity contribution in [2.45, 2.75) is 6.42 Å². The van der Waals surface area contributed by atoms with Gasteiger partial charge in [0.15, 0.2) is 11.5 Å². The Kier molecular flexibility index (Phi) is 6.38. The van der Waals surface area contributed by atoms with Crippen LogP contribution in [0.4, 0.5) is 34.6 Å². The van der Waals surface area contributed by atoms with E-state index in [0.29, 0.717) is 53.5 Å². The molecule has 12 nitrogen and oxygen atoms in total. The van der Waals surface area contributed by atoms with Gasteiger partial charge in [0.1, 0.15) is 17.4 Å². The van der Waals surface area contributed by atoms with Crippen LogP contribution < -0.4 is 40.4 Å². The zero-order valence-corrected chi connectivity index (χ0v) is 21.2. The molecule has 1 aromatic heterocycles. The maximum absolute atomic E-state index is 12.6. The van der Waals surface area contributed by atoms with Crippen molar-refractivity contribution in [1.29, 1.82) is 0 Å². The predicted molar refractivity (Wildman–Crippen MR) is 143 cm³/mol. The minimum absolute atomic E-state index is 0.0810. The lowest BCUT2D eigenvalue weighted by atomic mass is 10.1. The molecule has 0 atom stereocenters. The molecule has 3 aliphatic heterocycles. The largest absolute Gasteiger partial charge is 0.494 e. The van der Waals surface area contributed by atoms with Crippen LogP contribution in [0.2, 0.25) is 0 Å². The number of hydrogen-bond acceptors (Lipinski definition) is 11. The Morgan fingerprint density at radius 3 is 2.79 bits per heavy atom. The number of morpholine rings is 1. The molecule has 0 aliphatic carbocycles. The van der Waals surface area contributed by atoms with Gasteiger partial charge in [0.05, 0.1) is 37.3 Å². The number of nitrogens with one attached hydrogen (secondary N) is 4. The molecule has 12 heteroatoms. The molecule has 0 unspecified atom stereocenters. The summed E-state index contributed by atoms with van der Waals surface area (Å²) < 4.78 is 22.4. The van der Waals surface area contributed by atoms with Gasteiger partial charge in [-0.05, 0) is 30.7 Å². The Morgan fingerprint density at radius 2 is 1.97 bits per heavy atom. The first-order valence-electron chi connectivity index (χ1n) is 12.5. The number of carbonyl (C=O) groups is 1. The van der Waals surface area contributed by atoms with E-state index < -0.39 is 0 Å². The third-order valence-electron chi connectivity index (χ3n) is 6.74. The number of fused-ring (bicyclic) bond motifs is 2. The number of amides is 1. The number of carbonyl (C=O) groups excluding carboxylic acids is 1. The zero-order chi connectivity index (χ0) is 26.1. The van der Waals surface area contributed by atoms with E-state index in [-0.39, 0.29) is 12.7 Å². The zero-order valence-electron chi connectivity index (χ0n) is 21.2. The maximum Gasteiger partial charge on any atom is 0.253 e. The fourth-order valence-electron chi connectivity index (χ4n) is 4.79. The monoisotopic (exact) mass is 519 g/mol. The van der Waals surface area contributed by atoms with Crippen molar-refractivity contribution in [2.24, 2.45) is 0 Å². The predicted octanol–water partition coefficient (Wildman–Crippen LogP) is 2.87. The molecule has 6 rings (SSSR count). The second-order valence-corrected chi connectivity index (χ2v) is 8.93. The minimum Gasteiger partial charge on any atom is -0.494 e. The van der Waals surface area contributed by atoms with Gasteiger partial charge in [-0.15, -0.1) is 0 Å². The van der Waals surface area contributed by atoms with Crippen LogP contribution in [0.5, 0.6) is 17.2 Å². The van der Waals surface area contributed by atoms with Crippen molar-refractivity contribution in [3.8, 4) is 17.2 Å². The fraction of sp³-hybridized carbons (Fsp3) is 0.346. The van der Waals surface area contributed by atoms with Gasteiger partial charge in [-0.1, -0.05) is 0 Å². The summed E-state index contributed by atoms with van der Waals surface area (Å²) >= 11 is 0. The minimum atomic E-state index is -0.252. The number of methoxy groups -OCH3 is 1. The highest BCUT2D eigenvalue weighted by Crippen LogP contribution is 2.44. The van der Waals surface area contributed by atoms with E-state index in [9.17, 15) is 4.79 Å². The van der Waals surface area contributed by atoms with Gasteiger partial charge in [-0.3, -0.25) is 4.79 Å². The first kappa shape index (κ1) is 23.9. The van der Waals surface area contributed by atoms with Gasteiger partial charge in [-0.25, -0.2) is 0 Å². The molecule has 198 valence electrons. The lowest BCUT2D eigenvalue weighted by Crippen LogP contribution is -2.36. The van der Waals surface area contributed by atoms with Crippen molar-refractivity contribution in [3.63, 3.8) is 0 Å². The van der Waals surface area contributed by atoms with Crippen molar-refractivity contribution in [1.82, 2.24) is 15.3 Å². The van der Waals surface area contributed by atoms with Crippen LogP contribution in [0, 0.1) is 0 Å². The van der Waals surface area contributed by atoms with Crippen LogP contribution in [0.15, 0.2) is 30.3 Å². The maximum atomic E-state index is 12.6. The normalized spacial score (nSPS) is 15.5. The number of aromatic nitrogens is 2. The first-order chi connectivity index (χ1) is 18.6. The van der Waals surface area contributed by atoms with Crippen molar-refractivity contribution in [2.75, 3.05) is 74.6 Å². The van der Waals surface area contributed by atoms with Gasteiger partial charge in [0.25, 0.3) is 5.91 Å². The third kappa shape index (κ3) is 4.43. The van der Waals surface area contributed by atoms with Crippen molar-refractivity contribution in [3.05, 3.63) is 41.5 Å². The first-order valence-corrected chi connectivity index (χ1v) is 12.5. The number of nitrogens with zero attached hydrogens (tertiary/aromatic N) is 3. The van der Waals surface area contributed by atoms with Gasteiger partial charge in [-0.2, -0.15) is 9.97 Å². The molecule has 3 aliphatic rings. The van der Waals surface area contributed by atoms with Crippen LogP contribution in [0.1, 0.15) is 15.9 Å².